The van der Waals surface area contributed by atoms with Crippen molar-refractivity contribution in [3.8, 4) is 22.7 Å². The molecule has 3 aromatic rings. The van der Waals surface area contributed by atoms with Gasteiger partial charge in [0.15, 0.2) is 0 Å². The minimum atomic E-state index is -1.67. The van der Waals surface area contributed by atoms with Crippen molar-refractivity contribution in [2.45, 2.75) is 59.7 Å². The maximum Gasteiger partial charge on any atom is 0.144 e. The average molecular weight is 470 g/mol. The molecule has 3 aromatic heterocycles. The van der Waals surface area contributed by atoms with Gasteiger partial charge >= 0.3 is 0 Å². The van der Waals surface area contributed by atoms with E-state index in [0.717, 1.165) is 49.4 Å². The van der Waals surface area contributed by atoms with Crippen LogP contribution in [-0.2, 0) is 7.05 Å². The number of aryl methyl sites for hydroxylation is 4. The maximum atomic E-state index is 4.85. The van der Waals surface area contributed by atoms with E-state index in [9.17, 15) is 0 Å². The lowest BCUT2D eigenvalue weighted by Gasteiger charge is -2.31. The third-order valence-corrected chi connectivity index (χ3v) is 11.4. The van der Waals surface area contributed by atoms with Crippen molar-refractivity contribution >= 4 is 35.0 Å². The van der Waals surface area contributed by atoms with Crippen molar-refractivity contribution < 1.29 is 0 Å². The summed E-state index contributed by atoms with van der Waals surface area (Å²) in [5, 5.41) is 1.28. The van der Waals surface area contributed by atoms with Crippen LogP contribution >= 0.6 is 15.9 Å². The Morgan fingerprint density at radius 1 is 1.07 bits per heavy atom. The summed E-state index contributed by atoms with van der Waals surface area (Å²) in [7, 11) is 0.366. The van der Waals surface area contributed by atoms with Crippen LogP contribution in [0.5, 0.6) is 0 Å². The van der Waals surface area contributed by atoms with Crippen LogP contribution in [0.3, 0.4) is 0 Å². The second kappa shape index (κ2) is 7.37. The Labute approximate surface area is 183 Å². The molecule has 0 fully saturated rings. The molecular weight excluding hydrogens is 440 g/mol. The van der Waals surface area contributed by atoms with Gasteiger partial charge in [0.25, 0.3) is 0 Å². The fraction of sp³-hybridized carbons (Fsp3) is 0.435. The van der Waals surface area contributed by atoms with Crippen LogP contribution in [0.25, 0.3) is 22.3 Å². The first-order chi connectivity index (χ1) is 13.3. The molecule has 6 heteroatoms. The van der Waals surface area contributed by atoms with Crippen molar-refractivity contribution in [3.05, 3.63) is 39.5 Å². The zero-order valence-electron chi connectivity index (χ0n) is 18.8. The second-order valence-electron chi connectivity index (χ2n) is 9.29. The summed E-state index contributed by atoms with van der Waals surface area (Å²) >= 11 is 3.80. The first-order valence-electron chi connectivity index (χ1n) is 9.82. The number of rotatable bonds is 1. The third kappa shape index (κ3) is 3.78. The quantitative estimate of drug-likeness (QED) is 0.319. The number of aromatic nitrogens is 4. The summed E-state index contributed by atoms with van der Waals surface area (Å²) in [6, 6.07) is 2.10. The van der Waals surface area contributed by atoms with Gasteiger partial charge in [-0.15, -0.1) is 5.54 Å². The molecule has 0 unspecified atom stereocenters. The summed E-state index contributed by atoms with van der Waals surface area (Å²) in [6.45, 7) is 17.7. The first kappa shape index (κ1) is 21.7. The largest absolute Gasteiger partial charge is 0.327 e. The SMILES string of the molecule is Cc1cc(C#C[Si](C)(C)C(C)(C)C)nc(C)c1-c1c(Br)c2c(C)ncnc2n1C. The van der Waals surface area contributed by atoms with Crippen molar-refractivity contribution in [1.29, 1.82) is 0 Å². The van der Waals surface area contributed by atoms with Gasteiger partial charge in [-0.05, 0) is 53.4 Å². The molecule has 3 heterocycles. The molecule has 0 aromatic carbocycles. The molecule has 0 radical (unpaired) electrons. The van der Waals surface area contributed by atoms with Crippen molar-refractivity contribution in [2.24, 2.45) is 7.05 Å². The highest BCUT2D eigenvalue weighted by Crippen LogP contribution is 2.40. The lowest BCUT2D eigenvalue weighted by Crippen LogP contribution is -2.35. The summed E-state index contributed by atoms with van der Waals surface area (Å²) in [4.78, 5) is 13.7. The lowest BCUT2D eigenvalue weighted by molar-refractivity contribution is 0.731. The molecule has 152 valence electrons. The van der Waals surface area contributed by atoms with Gasteiger partial charge in [0.2, 0.25) is 0 Å². The van der Waals surface area contributed by atoms with E-state index in [2.05, 4.69) is 95.7 Å². The molecule has 0 aliphatic heterocycles. The molecular formula is C23H29BrN4Si. The molecule has 0 spiro atoms. The van der Waals surface area contributed by atoms with Crippen molar-refractivity contribution in [1.82, 2.24) is 19.5 Å². The molecule has 0 bridgehead atoms. The smallest absolute Gasteiger partial charge is 0.144 e. The van der Waals surface area contributed by atoms with Crippen LogP contribution in [-0.4, -0.2) is 27.6 Å². The van der Waals surface area contributed by atoms with E-state index in [-0.39, 0.29) is 5.04 Å². The third-order valence-electron chi connectivity index (χ3n) is 6.11. The zero-order valence-corrected chi connectivity index (χ0v) is 21.4. The van der Waals surface area contributed by atoms with Crippen molar-refractivity contribution in [2.75, 3.05) is 0 Å². The number of nitrogens with zero attached hydrogens (tertiary/aromatic N) is 4. The highest BCUT2D eigenvalue weighted by atomic mass is 79.9. The molecule has 0 aliphatic carbocycles. The van der Waals surface area contributed by atoms with Crippen LogP contribution in [0.1, 0.15) is 43.4 Å². The number of pyridine rings is 1. The Bertz CT molecular complexity index is 1150. The minimum absolute atomic E-state index is 0.233. The highest BCUT2D eigenvalue weighted by molar-refractivity contribution is 9.10. The van der Waals surface area contributed by atoms with Gasteiger partial charge in [0, 0.05) is 18.3 Å². The number of halogens is 1. The second-order valence-corrected chi connectivity index (χ2v) is 15.1. The molecule has 0 saturated carbocycles. The summed E-state index contributed by atoms with van der Waals surface area (Å²) in [6.07, 6.45) is 1.62. The van der Waals surface area contributed by atoms with Gasteiger partial charge in [-0.3, -0.25) is 0 Å². The topological polar surface area (TPSA) is 43.6 Å². The van der Waals surface area contributed by atoms with Crippen LogP contribution < -0.4 is 0 Å². The minimum Gasteiger partial charge on any atom is -0.327 e. The molecule has 29 heavy (non-hydrogen) atoms. The van der Waals surface area contributed by atoms with Gasteiger partial charge in [-0.25, -0.2) is 15.0 Å². The molecule has 3 rings (SSSR count). The predicted molar refractivity (Wildman–Crippen MR) is 128 cm³/mol. The standard InChI is InChI=1S/C23H29BrN4Si/c1-14-12-17(10-11-29(8,9)23(4,5)6)27-16(3)18(14)21-20(24)19-15(2)25-13-26-22(19)28(21)7/h12-13H,1-9H3. The highest BCUT2D eigenvalue weighted by Gasteiger charge is 2.33. The summed E-state index contributed by atoms with van der Waals surface area (Å²) < 4.78 is 3.13. The van der Waals surface area contributed by atoms with E-state index < -0.39 is 8.07 Å². The molecule has 4 nitrogen and oxygen atoms in total. The Morgan fingerprint density at radius 2 is 1.72 bits per heavy atom. The average Bonchev–Trinajstić information content (AvgIpc) is 2.85. The fourth-order valence-electron chi connectivity index (χ4n) is 3.28. The van der Waals surface area contributed by atoms with Crippen LogP contribution in [0.15, 0.2) is 16.9 Å². The zero-order chi connectivity index (χ0) is 21.7. The van der Waals surface area contributed by atoms with Gasteiger partial charge in [0.1, 0.15) is 25.7 Å². The maximum absolute atomic E-state index is 4.85. The molecule has 0 saturated heterocycles. The van der Waals surface area contributed by atoms with E-state index in [0.29, 0.717) is 0 Å². The van der Waals surface area contributed by atoms with Gasteiger partial charge in [0.05, 0.1) is 21.2 Å². The van der Waals surface area contributed by atoms with Crippen LogP contribution in [0, 0.1) is 32.2 Å². The molecule has 0 atom stereocenters. The number of hydrogen-bond acceptors (Lipinski definition) is 3. The lowest BCUT2D eigenvalue weighted by atomic mass is 10.0. The van der Waals surface area contributed by atoms with E-state index in [4.69, 9.17) is 4.98 Å². The first-order valence-corrected chi connectivity index (χ1v) is 13.6. The molecule has 0 N–H and O–H groups in total. The Balaban J connectivity index is 2.17. The summed E-state index contributed by atoms with van der Waals surface area (Å²) in [5.74, 6) is 3.38. The number of hydrogen-bond donors (Lipinski definition) is 0. The Hall–Kier alpha value is -1.97. The van der Waals surface area contributed by atoms with E-state index >= 15 is 0 Å². The normalized spacial score (nSPS) is 12.2. The Kier molecular flexibility index (Phi) is 5.52. The van der Waals surface area contributed by atoms with E-state index in [1.807, 2.05) is 14.0 Å². The van der Waals surface area contributed by atoms with Crippen LogP contribution in [0.4, 0.5) is 0 Å². The molecule has 0 amide bonds. The number of fused-ring (bicyclic) bond motifs is 1. The fourth-order valence-corrected chi connectivity index (χ4v) is 5.03. The Morgan fingerprint density at radius 3 is 2.28 bits per heavy atom. The van der Waals surface area contributed by atoms with E-state index in [1.54, 1.807) is 6.33 Å². The van der Waals surface area contributed by atoms with Gasteiger partial charge < -0.3 is 4.57 Å². The van der Waals surface area contributed by atoms with Gasteiger partial charge in [-0.2, -0.15) is 0 Å². The monoisotopic (exact) mass is 468 g/mol. The van der Waals surface area contributed by atoms with Gasteiger partial charge in [-0.1, -0.05) is 39.8 Å². The predicted octanol–water partition coefficient (Wildman–Crippen LogP) is 6.12. The summed E-state index contributed by atoms with van der Waals surface area (Å²) in [5.41, 5.74) is 10.6. The van der Waals surface area contributed by atoms with Crippen LogP contribution in [0.2, 0.25) is 18.1 Å². The van der Waals surface area contributed by atoms with Crippen molar-refractivity contribution in [3.63, 3.8) is 0 Å². The van der Waals surface area contributed by atoms with E-state index in [1.165, 1.54) is 0 Å². The molecule has 0 aliphatic rings.